The van der Waals surface area contributed by atoms with Crippen LogP contribution in [0.2, 0.25) is 0 Å². The molecule has 0 aromatic heterocycles. The Labute approximate surface area is 196 Å². The van der Waals surface area contributed by atoms with E-state index in [4.69, 9.17) is 4.74 Å². The number of anilines is 1. The number of hydrogen-bond acceptors (Lipinski definition) is 6. The van der Waals surface area contributed by atoms with Crippen LogP contribution in [0.4, 0.5) is 10.5 Å². The Balaban J connectivity index is 1.24. The maximum absolute atomic E-state index is 12.3. The van der Waals surface area contributed by atoms with Gasteiger partial charge in [0.2, 0.25) is 11.8 Å². The molecule has 3 aliphatic rings. The predicted molar refractivity (Wildman–Crippen MR) is 126 cm³/mol. The van der Waals surface area contributed by atoms with Crippen molar-refractivity contribution in [1.82, 2.24) is 15.1 Å². The van der Waals surface area contributed by atoms with Gasteiger partial charge in [0.15, 0.2) is 0 Å². The smallest absolute Gasteiger partial charge is 0.410 e. The van der Waals surface area contributed by atoms with Crippen LogP contribution in [0, 0.1) is 0 Å². The highest BCUT2D eigenvalue weighted by Gasteiger charge is 2.31. The third kappa shape index (κ3) is 5.85. The fourth-order valence-corrected chi connectivity index (χ4v) is 5.01. The van der Waals surface area contributed by atoms with Crippen LogP contribution in [-0.2, 0) is 14.3 Å². The minimum atomic E-state index is -0.454. The first-order valence-corrected chi connectivity index (χ1v) is 12.1. The van der Waals surface area contributed by atoms with Gasteiger partial charge in [0, 0.05) is 57.4 Å². The third-order valence-electron chi connectivity index (χ3n) is 6.85. The molecule has 180 valence electrons. The van der Waals surface area contributed by atoms with Crippen LogP contribution in [0.15, 0.2) is 24.3 Å². The van der Waals surface area contributed by atoms with Gasteiger partial charge in [-0.2, -0.15) is 0 Å². The molecule has 4 rings (SSSR count). The van der Waals surface area contributed by atoms with Crippen LogP contribution in [0.1, 0.15) is 57.9 Å². The van der Waals surface area contributed by atoms with Gasteiger partial charge in [0.25, 0.3) is 0 Å². The molecule has 1 unspecified atom stereocenters. The number of carbonyl (C=O) groups is 3. The fourth-order valence-electron chi connectivity index (χ4n) is 5.01. The van der Waals surface area contributed by atoms with E-state index in [1.807, 2.05) is 37.8 Å². The van der Waals surface area contributed by atoms with E-state index in [9.17, 15) is 14.4 Å². The lowest BCUT2D eigenvalue weighted by molar-refractivity contribution is -0.134. The highest BCUT2D eigenvalue weighted by Crippen LogP contribution is 2.28. The lowest BCUT2D eigenvalue weighted by Crippen LogP contribution is -2.54. The van der Waals surface area contributed by atoms with Gasteiger partial charge in [-0.15, -0.1) is 0 Å². The topological polar surface area (TPSA) is 82.2 Å². The number of benzene rings is 1. The summed E-state index contributed by atoms with van der Waals surface area (Å²) in [5.74, 6) is -0.605. The minimum absolute atomic E-state index is 0.179. The molecule has 8 heteroatoms. The second-order valence-electron chi connectivity index (χ2n) is 10.3. The van der Waals surface area contributed by atoms with Crippen molar-refractivity contribution in [3.05, 3.63) is 29.8 Å². The molecule has 3 aliphatic heterocycles. The summed E-state index contributed by atoms with van der Waals surface area (Å²) in [5.41, 5.74) is 1.69. The number of piperidine rings is 2. The number of piperazine rings is 1. The molecule has 0 spiro atoms. The average Bonchev–Trinajstić information content (AvgIpc) is 2.78. The Hall–Kier alpha value is -2.61. The molecular weight excluding hydrogens is 420 g/mol. The summed E-state index contributed by atoms with van der Waals surface area (Å²) in [5, 5.41) is 2.44. The summed E-state index contributed by atoms with van der Waals surface area (Å²) in [6.07, 6.45) is 2.75. The molecule has 3 heterocycles. The highest BCUT2D eigenvalue weighted by atomic mass is 16.6. The summed E-state index contributed by atoms with van der Waals surface area (Å²) in [4.78, 5) is 42.6. The summed E-state index contributed by atoms with van der Waals surface area (Å²) >= 11 is 0. The van der Waals surface area contributed by atoms with E-state index in [-0.39, 0.29) is 23.8 Å². The quantitative estimate of drug-likeness (QED) is 0.705. The molecule has 3 amide bonds. The molecule has 3 saturated heterocycles. The van der Waals surface area contributed by atoms with Crippen LogP contribution in [0.25, 0.3) is 0 Å². The number of ether oxygens (including phenoxy) is 1. The molecule has 0 radical (unpaired) electrons. The number of carbonyl (C=O) groups excluding carboxylic acids is 3. The number of nitrogens with zero attached hydrogens (tertiary/aromatic N) is 3. The predicted octanol–water partition coefficient (Wildman–Crippen LogP) is 2.73. The van der Waals surface area contributed by atoms with E-state index in [2.05, 4.69) is 27.2 Å². The fraction of sp³-hybridized carbons (Fsp3) is 0.640. The van der Waals surface area contributed by atoms with Crippen LogP contribution in [0.5, 0.6) is 0 Å². The van der Waals surface area contributed by atoms with Crippen molar-refractivity contribution >= 4 is 23.6 Å². The molecule has 8 nitrogen and oxygen atoms in total. The molecule has 33 heavy (non-hydrogen) atoms. The molecule has 0 saturated carbocycles. The van der Waals surface area contributed by atoms with Gasteiger partial charge in [-0.05, 0) is 57.7 Å². The van der Waals surface area contributed by atoms with E-state index in [0.717, 1.165) is 57.7 Å². The zero-order valence-electron chi connectivity index (χ0n) is 20.0. The first-order chi connectivity index (χ1) is 15.7. The van der Waals surface area contributed by atoms with Crippen molar-refractivity contribution in [2.45, 2.75) is 64.0 Å². The molecule has 1 aromatic carbocycles. The van der Waals surface area contributed by atoms with Crippen molar-refractivity contribution in [2.24, 2.45) is 0 Å². The van der Waals surface area contributed by atoms with Gasteiger partial charge >= 0.3 is 6.09 Å². The van der Waals surface area contributed by atoms with Gasteiger partial charge < -0.3 is 14.5 Å². The van der Waals surface area contributed by atoms with E-state index in [1.54, 1.807) is 0 Å². The van der Waals surface area contributed by atoms with Crippen LogP contribution < -0.4 is 10.2 Å². The van der Waals surface area contributed by atoms with Crippen molar-refractivity contribution in [3.63, 3.8) is 0 Å². The largest absolute Gasteiger partial charge is 0.444 e. The standard InChI is InChI=1S/C25H36N4O4/c1-25(2,3)33-24(32)29-12-10-20(11-13-29)28-16-14-27(15-17-28)19-6-4-18(5-7-19)21-8-9-22(30)26-23(21)31/h4-7,20-21H,8-17H2,1-3H3,(H,26,30,31). The lowest BCUT2D eigenvalue weighted by Gasteiger charge is -2.43. The molecule has 0 bridgehead atoms. The van der Waals surface area contributed by atoms with Gasteiger partial charge in [0.1, 0.15) is 5.60 Å². The van der Waals surface area contributed by atoms with Crippen molar-refractivity contribution in [1.29, 1.82) is 0 Å². The zero-order chi connectivity index (χ0) is 23.6. The molecule has 0 aliphatic carbocycles. The van der Waals surface area contributed by atoms with Crippen LogP contribution >= 0.6 is 0 Å². The summed E-state index contributed by atoms with van der Waals surface area (Å²) < 4.78 is 5.51. The van der Waals surface area contributed by atoms with Gasteiger partial charge in [-0.3, -0.25) is 19.8 Å². The highest BCUT2D eigenvalue weighted by molar-refractivity contribution is 6.00. The molecule has 3 fully saturated rings. The van der Waals surface area contributed by atoms with E-state index >= 15 is 0 Å². The Bertz CT molecular complexity index is 863. The maximum Gasteiger partial charge on any atom is 0.410 e. The van der Waals surface area contributed by atoms with Crippen LogP contribution in [0.3, 0.4) is 0 Å². The normalized spacial score (nSPS) is 23.4. The van der Waals surface area contributed by atoms with Gasteiger partial charge in [-0.1, -0.05) is 12.1 Å². The van der Waals surface area contributed by atoms with Crippen molar-refractivity contribution in [2.75, 3.05) is 44.2 Å². The SMILES string of the molecule is CC(C)(C)OC(=O)N1CCC(N2CCN(c3ccc(C4CCC(=O)NC4=O)cc3)CC2)CC1. The van der Waals surface area contributed by atoms with Crippen molar-refractivity contribution < 1.29 is 19.1 Å². The van der Waals surface area contributed by atoms with Crippen molar-refractivity contribution in [3.8, 4) is 0 Å². The Morgan fingerprint density at radius 3 is 2.15 bits per heavy atom. The van der Waals surface area contributed by atoms with Crippen LogP contribution in [-0.4, -0.2) is 78.6 Å². The first kappa shape index (κ1) is 23.5. The van der Waals surface area contributed by atoms with E-state index in [0.29, 0.717) is 18.9 Å². The van der Waals surface area contributed by atoms with Gasteiger partial charge in [-0.25, -0.2) is 4.79 Å². The number of rotatable bonds is 3. The monoisotopic (exact) mass is 456 g/mol. The zero-order valence-corrected chi connectivity index (χ0v) is 20.0. The lowest BCUT2D eigenvalue weighted by atomic mass is 9.90. The second kappa shape index (κ2) is 9.71. The first-order valence-electron chi connectivity index (χ1n) is 12.1. The number of nitrogens with one attached hydrogen (secondary N) is 1. The molecule has 1 aromatic rings. The molecular formula is C25H36N4O4. The summed E-state index contributed by atoms with van der Waals surface area (Å²) in [6.45, 7) is 11.1. The third-order valence-corrected chi connectivity index (χ3v) is 6.85. The Morgan fingerprint density at radius 2 is 1.58 bits per heavy atom. The molecule has 1 N–H and O–H groups in total. The summed E-state index contributed by atoms with van der Waals surface area (Å²) in [6, 6.07) is 8.74. The molecule has 1 atom stereocenters. The number of hydrogen-bond donors (Lipinski definition) is 1. The summed E-state index contributed by atoms with van der Waals surface area (Å²) in [7, 11) is 0. The second-order valence-corrected chi connectivity index (χ2v) is 10.3. The number of imide groups is 1. The number of likely N-dealkylation sites (tertiary alicyclic amines) is 1. The van der Waals surface area contributed by atoms with Gasteiger partial charge in [0.05, 0.1) is 5.92 Å². The van der Waals surface area contributed by atoms with E-state index < -0.39 is 5.60 Å². The minimum Gasteiger partial charge on any atom is -0.444 e. The maximum atomic E-state index is 12.3. The average molecular weight is 457 g/mol. The number of amides is 3. The Morgan fingerprint density at radius 1 is 0.939 bits per heavy atom. The Kier molecular flexibility index (Phi) is 6.93. The van der Waals surface area contributed by atoms with E-state index in [1.165, 1.54) is 5.69 Å².